The molecule has 0 atom stereocenters. The molecule has 3 aromatic carbocycles. The maximum Gasteiger partial charge on any atom is 0.281 e. The van der Waals surface area contributed by atoms with Gasteiger partial charge in [-0.05, 0) is 53.4 Å². The van der Waals surface area contributed by atoms with Crippen molar-refractivity contribution >= 4 is 11.2 Å². The van der Waals surface area contributed by atoms with Gasteiger partial charge in [0.05, 0.1) is 25.8 Å². The predicted molar refractivity (Wildman–Crippen MR) is 145 cm³/mol. The molecule has 0 aliphatic rings. The Labute approximate surface area is 219 Å². The third kappa shape index (κ3) is 5.11. The first-order valence-electron chi connectivity index (χ1n) is 12.3. The van der Waals surface area contributed by atoms with Gasteiger partial charge < -0.3 is 19.3 Å². The van der Waals surface area contributed by atoms with Gasteiger partial charge in [0.2, 0.25) is 6.54 Å². The van der Waals surface area contributed by atoms with Gasteiger partial charge in [0.1, 0.15) is 17.3 Å². The first-order chi connectivity index (χ1) is 18.6. The second-order valence-corrected chi connectivity index (χ2v) is 8.66. The summed E-state index contributed by atoms with van der Waals surface area (Å²) in [5.41, 5.74) is 4.93. The van der Waals surface area contributed by atoms with Gasteiger partial charge in [-0.1, -0.05) is 47.7 Å². The van der Waals surface area contributed by atoms with Crippen LogP contribution in [0.4, 0.5) is 0 Å². The quantitative estimate of drug-likeness (QED) is 0.289. The highest BCUT2D eigenvalue weighted by Gasteiger charge is 2.17. The highest BCUT2D eigenvalue weighted by Crippen LogP contribution is 2.33. The number of methoxy groups -OCH3 is 1. The molecule has 0 fully saturated rings. The zero-order valence-corrected chi connectivity index (χ0v) is 21.1. The molecule has 2 aromatic heterocycles. The predicted octanol–water partition coefficient (Wildman–Crippen LogP) is 4.77. The summed E-state index contributed by atoms with van der Waals surface area (Å²) >= 11 is 0. The van der Waals surface area contributed by atoms with Crippen LogP contribution in [0.2, 0.25) is 0 Å². The molecule has 0 aliphatic carbocycles. The molecule has 38 heavy (non-hydrogen) atoms. The number of fused-ring (bicyclic) bond motifs is 1. The van der Waals surface area contributed by atoms with E-state index in [4.69, 9.17) is 21.0 Å². The van der Waals surface area contributed by atoms with Crippen LogP contribution in [-0.2, 0) is 13.0 Å². The first-order valence-corrected chi connectivity index (χ1v) is 12.3. The maximum atomic E-state index is 12.9. The molecule has 190 valence electrons. The topological polar surface area (TPSA) is 99.3 Å². The number of hydrogen-bond acceptors (Lipinski definition) is 6. The Bertz CT molecular complexity index is 1680. The van der Waals surface area contributed by atoms with Crippen LogP contribution in [-0.4, -0.2) is 45.2 Å². The lowest BCUT2D eigenvalue weighted by Crippen LogP contribution is -2.12. The fourth-order valence-corrected chi connectivity index (χ4v) is 4.27. The van der Waals surface area contributed by atoms with E-state index in [9.17, 15) is 4.79 Å². The summed E-state index contributed by atoms with van der Waals surface area (Å²) in [5, 5.41) is 8.23. The van der Waals surface area contributed by atoms with Crippen molar-refractivity contribution in [3.63, 3.8) is 0 Å². The van der Waals surface area contributed by atoms with Gasteiger partial charge in [-0.3, -0.25) is 4.79 Å². The summed E-state index contributed by atoms with van der Waals surface area (Å²) in [5.74, 6) is 1.74. The van der Waals surface area contributed by atoms with E-state index in [0.29, 0.717) is 48.9 Å². The molecule has 0 unspecified atom stereocenters. The highest BCUT2D eigenvalue weighted by atomic mass is 16.5. The average molecular weight is 507 g/mol. The Kier molecular flexibility index (Phi) is 7.13. The van der Waals surface area contributed by atoms with E-state index in [0.717, 1.165) is 28.0 Å². The Balaban J connectivity index is 1.53. The minimum Gasteiger partial charge on any atom is -0.497 e. The molecule has 5 rings (SSSR count). The average Bonchev–Trinajstić information content (AvgIpc) is 3.35. The number of rotatable bonds is 9. The van der Waals surface area contributed by atoms with Gasteiger partial charge in [0, 0.05) is 6.42 Å². The molecule has 1 N–H and O–H groups in total. The number of ether oxygens (including phenoxy) is 2. The van der Waals surface area contributed by atoms with E-state index in [2.05, 4.69) is 26.2 Å². The minimum absolute atomic E-state index is 0.174. The summed E-state index contributed by atoms with van der Waals surface area (Å²) < 4.78 is 12.8. The van der Waals surface area contributed by atoms with Crippen molar-refractivity contribution in [2.45, 2.75) is 19.9 Å². The Morgan fingerprint density at radius 2 is 1.84 bits per heavy atom. The highest BCUT2D eigenvalue weighted by molar-refractivity contribution is 5.77. The van der Waals surface area contributed by atoms with E-state index in [-0.39, 0.29) is 11.1 Å². The van der Waals surface area contributed by atoms with Crippen LogP contribution in [0.1, 0.15) is 18.1 Å². The lowest BCUT2D eigenvalue weighted by molar-refractivity contribution is 0.341. The van der Waals surface area contributed by atoms with E-state index in [1.165, 1.54) is 0 Å². The summed E-state index contributed by atoms with van der Waals surface area (Å²) in [6.45, 7) is 10.3. The van der Waals surface area contributed by atoms with E-state index < -0.39 is 0 Å². The van der Waals surface area contributed by atoms with Gasteiger partial charge in [-0.15, -0.1) is 5.10 Å². The van der Waals surface area contributed by atoms with E-state index >= 15 is 0 Å². The van der Waals surface area contributed by atoms with E-state index in [1.807, 2.05) is 67.6 Å². The fourth-order valence-electron chi connectivity index (χ4n) is 4.27. The van der Waals surface area contributed by atoms with Crippen molar-refractivity contribution in [3.05, 3.63) is 99.6 Å². The van der Waals surface area contributed by atoms with Crippen LogP contribution >= 0.6 is 0 Å². The van der Waals surface area contributed by atoms with Crippen molar-refractivity contribution in [1.82, 2.24) is 25.0 Å². The number of aromatic nitrogens is 5. The lowest BCUT2D eigenvalue weighted by atomic mass is 10.00. The van der Waals surface area contributed by atoms with Crippen molar-refractivity contribution in [2.75, 3.05) is 20.3 Å². The van der Waals surface area contributed by atoms with Crippen molar-refractivity contribution < 1.29 is 9.47 Å². The van der Waals surface area contributed by atoms with E-state index in [1.54, 1.807) is 11.8 Å². The van der Waals surface area contributed by atoms with Crippen molar-refractivity contribution in [2.24, 2.45) is 0 Å². The second-order valence-electron chi connectivity index (χ2n) is 8.66. The van der Waals surface area contributed by atoms with Gasteiger partial charge in [0.15, 0.2) is 11.2 Å². The second kappa shape index (κ2) is 11.0. The zero-order chi connectivity index (χ0) is 26.5. The van der Waals surface area contributed by atoms with Crippen LogP contribution in [0, 0.1) is 6.57 Å². The van der Waals surface area contributed by atoms with Crippen LogP contribution in [0.15, 0.2) is 71.5 Å². The largest absolute Gasteiger partial charge is 0.497 e. The van der Waals surface area contributed by atoms with Crippen LogP contribution in [0.3, 0.4) is 0 Å². The molecule has 9 nitrogen and oxygen atoms in total. The summed E-state index contributed by atoms with van der Waals surface area (Å²) in [6.07, 6.45) is 0.706. The van der Waals surface area contributed by atoms with Gasteiger partial charge in [-0.25, -0.2) is 16.2 Å². The van der Waals surface area contributed by atoms with Gasteiger partial charge >= 0.3 is 0 Å². The van der Waals surface area contributed by atoms with Crippen LogP contribution < -0.4 is 15.0 Å². The number of benzene rings is 3. The third-order valence-electron chi connectivity index (χ3n) is 6.17. The third-order valence-corrected chi connectivity index (χ3v) is 6.17. The number of H-pyrrole nitrogens is 1. The molecule has 0 saturated heterocycles. The molecule has 0 aliphatic heterocycles. The van der Waals surface area contributed by atoms with Gasteiger partial charge in [-0.2, -0.15) is 0 Å². The Morgan fingerprint density at radius 3 is 2.61 bits per heavy atom. The molecule has 0 spiro atoms. The van der Waals surface area contributed by atoms with Crippen molar-refractivity contribution in [3.8, 4) is 34.0 Å². The van der Waals surface area contributed by atoms with Gasteiger partial charge in [0.25, 0.3) is 5.56 Å². The van der Waals surface area contributed by atoms with Crippen LogP contribution in [0.5, 0.6) is 11.5 Å². The molecule has 0 amide bonds. The normalized spacial score (nSPS) is 10.9. The standard InChI is InChI=1S/C29H26N6O3/c1-4-38-25-17-22(21-7-5-6-19(16-21)14-15-30-2)10-13-24(25)27-31-28-26(29(36)32-27)33-34-35(28)18-20-8-11-23(37-3)12-9-20/h5-13,16-17H,4,14-15,18H2,1,3H3,(H,31,32,36). The summed E-state index contributed by atoms with van der Waals surface area (Å²) in [4.78, 5) is 24.0. The molecule has 0 radical (unpaired) electrons. The Hall–Kier alpha value is -4.97. The summed E-state index contributed by atoms with van der Waals surface area (Å²) in [7, 11) is 1.62. The Morgan fingerprint density at radius 1 is 1.03 bits per heavy atom. The fraction of sp³-hybridized carbons (Fsp3) is 0.207. The smallest absolute Gasteiger partial charge is 0.281 e. The number of hydrogen-bond donors (Lipinski definition) is 1. The molecular formula is C29H26N6O3. The zero-order valence-electron chi connectivity index (χ0n) is 21.1. The minimum atomic E-state index is -0.370. The molecule has 0 bridgehead atoms. The molecular weight excluding hydrogens is 480 g/mol. The first kappa shape index (κ1) is 24.7. The summed E-state index contributed by atoms with van der Waals surface area (Å²) in [6, 6.07) is 21.6. The number of nitrogens with one attached hydrogen (secondary N) is 1. The number of nitrogens with zero attached hydrogens (tertiary/aromatic N) is 5. The molecule has 9 heteroatoms. The monoisotopic (exact) mass is 506 g/mol. The molecule has 5 aromatic rings. The molecule has 2 heterocycles. The SMILES string of the molecule is [C-]#[N+]CCc1cccc(-c2ccc(-c3nc4c(nnn4Cc4ccc(OC)cc4)c(=O)[nH]3)c(OCC)c2)c1. The van der Waals surface area contributed by atoms with Crippen LogP contribution in [0.25, 0.3) is 38.5 Å². The number of aromatic amines is 1. The van der Waals surface area contributed by atoms with Crippen molar-refractivity contribution in [1.29, 1.82) is 0 Å². The lowest BCUT2D eigenvalue weighted by Gasteiger charge is -2.13. The molecule has 0 saturated carbocycles. The maximum absolute atomic E-state index is 12.9.